The number of furan rings is 1. The van der Waals surface area contributed by atoms with Crippen molar-refractivity contribution in [2.24, 2.45) is 28.6 Å². The largest absolute Gasteiger partial charge is 0.472 e. The zero-order valence-electron chi connectivity index (χ0n) is 16.5. The highest BCUT2D eigenvalue weighted by atomic mass is 16.3. The van der Waals surface area contributed by atoms with Gasteiger partial charge in [-0.1, -0.05) is 13.8 Å². The molecule has 0 bridgehead atoms. The highest BCUT2D eigenvalue weighted by molar-refractivity contribution is 5.79. The lowest BCUT2D eigenvalue weighted by Crippen LogP contribution is -2.64. The van der Waals surface area contributed by atoms with Crippen LogP contribution in [0.1, 0.15) is 77.2 Å². The second-order valence-corrected chi connectivity index (χ2v) is 10.4. The van der Waals surface area contributed by atoms with E-state index in [9.17, 15) is 15.0 Å². The number of rotatable bonds is 1. The molecule has 0 spiro atoms. The lowest BCUT2D eigenvalue weighted by atomic mass is 9.43. The maximum atomic E-state index is 12.1. The van der Waals surface area contributed by atoms with Gasteiger partial charge < -0.3 is 14.6 Å². The van der Waals surface area contributed by atoms with Crippen LogP contribution < -0.4 is 0 Å². The summed E-state index contributed by atoms with van der Waals surface area (Å²) in [5, 5.41) is 23.8. The number of carbonyl (C=O) groups excluding carboxylic acids is 1. The molecule has 0 saturated heterocycles. The Balaban J connectivity index is 1.53. The van der Waals surface area contributed by atoms with E-state index in [1.54, 1.807) is 12.5 Å². The van der Waals surface area contributed by atoms with Crippen LogP contribution in [0.15, 0.2) is 23.0 Å². The minimum Gasteiger partial charge on any atom is -0.472 e. The molecule has 5 rings (SSSR count). The van der Waals surface area contributed by atoms with Crippen LogP contribution in [0.2, 0.25) is 0 Å². The van der Waals surface area contributed by atoms with E-state index in [0.717, 1.165) is 44.1 Å². The molecule has 148 valence electrons. The molecule has 1 heterocycles. The fourth-order valence-corrected chi connectivity index (χ4v) is 7.99. The Hall–Kier alpha value is -1.13. The third-order valence-electron chi connectivity index (χ3n) is 9.81. The smallest absolute Gasteiger partial charge is 0.133 e. The van der Waals surface area contributed by atoms with E-state index in [0.29, 0.717) is 36.9 Å². The van der Waals surface area contributed by atoms with Crippen LogP contribution in [0.4, 0.5) is 0 Å². The van der Waals surface area contributed by atoms with Gasteiger partial charge >= 0.3 is 0 Å². The molecule has 0 aliphatic heterocycles. The molecular weight excluding hydrogens is 340 g/mol. The Morgan fingerprint density at radius 2 is 1.85 bits per heavy atom. The van der Waals surface area contributed by atoms with Crippen LogP contribution in [0, 0.1) is 28.6 Å². The monoisotopic (exact) mass is 372 g/mol. The number of carbonyl (C=O) groups is 1. The molecule has 27 heavy (non-hydrogen) atoms. The maximum Gasteiger partial charge on any atom is 0.133 e. The van der Waals surface area contributed by atoms with Crippen LogP contribution >= 0.6 is 0 Å². The van der Waals surface area contributed by atoms with Gasteiger partial charge in [0.15, 0.2) is 0 Å². The highest BCUT2D eigenvalue weighted by Crippen LogP contribution is 2.71. The number of hydrogen-bond donors (Lipinski definition) is 2. The molecule has 0 radical (unpaired) electrons. The van der Waals surface area contributed by atoms with Crippen LogP contribution in [0.5, 0.6) is 0 Å². The standard InChI is InChI=1S/C23H32O4/c1-20-8-5-17(24)13-15(20)3-4-19-18(20)6-9-21(2)22(25,10-11-23(19,21)26)16-7-12-27-14-16/h7,12,14-15,18-19,25-26H,3-6,8-11,13H2,1-2H3/t15-,18+,19-,20+,21-,22+,23+/m1/s1. The van der Waals surface area contributed by atoms with Gasteiger partial charge in [0, 0.05) is 23.8 Å². The van der Waals surface area contributed by atoms with Crippen molar-refractivity contribution in [3.63, 3.8) is 0 Å². The van der Waals surface area contributed by atoms with Gasteiger partial charge in [-0.15, -0.1) is 0 Å². The summed E-state index contributed by atoms with van der Waals surface area (Å²) in [7, 11) is 0. The lowest BCUT2D eigenvalue weighted by molar-refractivity contribution is -0.235. The number of ketones is 1. The summed E-state index contributed by atoms with van der Waals surface area (Å²) in [6, 6.07) is 1.86. The minimum absolute atomic E-state index is 0.157. The first-order valence-corrected chi connectivity index (χ1v) is 10.7. The fraction of sp³-hybridized carbons (Fsp3) is 0.783. The molecule has 0 unspecified atom stereocenters. The van der Waals surface area contributed by atoms with Gasteiger partial charge in [-0.2, -0.15) is 0 Å². The first-order valence-electron chi connectivity index (χ1n) is 10.7. The van der Waals surface area contributed by atoms with Crippen molar-refractivity contribution in [1.29, 1.82) is 0 Å². The fourth-order valence-electron chi connectivity index (χ4n) is 7.99. The third kappa shape index (κ3) is 2.04. The van der Waals surface area contributed by atoms with E-state index in [-0.39, 0.29) is 11.3 Å². The van der Waals surface area contributed by atoms with E-state index in [1.807, 2.05) is 6.07 Å². The van der Waals surface area contributed by atoms with Gasteiger partial charge in [0.25, 0.3) is 0 Å². The van der Waals surface area contributed by atoms with Crippen molar-refractivity contribution in [3.8, 4) is 0 Å². The molecule has 2 N–H and O–H groups in total. The molecule has 7 atom stereocenters. The number of Topliss-reactive ketones (excluding diaryl/α,β-unsaturated/α-hetero) is 1. The topological polar surface area (TPSA) is 70.7 Å². The Labute approximate surface area is 161 Å². The molecule has 4 fully saturated rings. The van der Waals surface area contributed by atoms with Crippen LogP contribution in [0.3, 0.4) is 0 Å². The summed E-state index contributed by atoms with van der Waals surface area (Å²) in [4.78, 5) is 12.0. The summed E-state index contributed by atoms with van der Waals surface area (Å²) in [5.74, 6) is 1.56. The molecule has 1 aromatic rings. The van der Waals surface area contributed by atoms with Gasteiger partial charge in [-0.25, -0.2) is 0 Å². The van der Waals surface area contributed by atoms with Crippen molar-refractivity contribution in [2.45, 2.75) is 82.8 Å². The molecule has 4 aliphatic carbocycles. The number of hydrogen-bond acceptors (Lipinski definition) is 4. The van der Waals surface area contributed by atoms with Crippen LogP contribution in [0.25, 0.3) is 0 Å². The quantitative estimate of drug-likeness (QED) is 0.775. The number of fused-ring (bicyclic) bond motifs is 5. The minimum atomic E-state index is -1.03. The van der Waals surface area contributed by atoms with E-state index in [1.165, 1.54) is 0 Å². The zero-order valence-corrected chi connectivity index (χ0v) is 16.5. The van der Waals surface area contributed by atoms with Gasteiger partial charge in [0.05, 0.1) is 18.1 Å². The molecule has 0 amide bonds. The molecule has 4 nitrogen and oxygen atoms in total. The van der Waals surface area contributed by atoms with Crippen LogP contribution in [-0.4, -0.2) is 21.6 Å². The third-order valence-corrected chi connectivity index (χ3v) is 9.81. The summed E-state index contributed by atoms with van der Waals surface area (Å²) in [6.45, 7) is 4.48. The SMILES string of the molecule is C[C@]12CCC(=O)C[C@H]1CC[C@@H]1[C@@H]2CC[C@]2(C)[C@@](O)(c3ccoc3)CC[C@]12O. The molecule has 1 aromatic heterocycles. The molecule has 0 aromatic carbocycles. The predicted molar refractivity (Wildman–Crippen MR) is 101 cm³/mol. The highest BCUT2D eigenvalue weighted by Gasteiger charge is 2.72. The van der Waals surface area contributed by atoms with E-state index in [2.05, 4.69) is 13.8 Å². The average molecular weight is 373 g/mol. The van der Waals surface area contributed by atoms with Crippen molar-refractivity contribution in [3.05, 3.63) is 24.2 Å². The second-order valence-electron chi connectivity index (χ2n) is 10.4. The Morgan fingerprint density at radius 3 is 2.59 bits per heavy atom. The van der Waals surface area contributed by atoms with Gasteiger partial charge in [-0.3, -0.25) is 4.79 Å². The van der Waals surface area contributed by atoms with E-state index >= 15 is 0 Å². The summed E-state index contributed by atoms with van der Waals surface area (Å²) in [6.07, 6.45) is 10.8. The van der Waals surface area contributed by atoms with Crippen LogP contribution in [-0.2, 0) is 10.4 Å². The molecule has 4 heteroatoms. The van der Waals surface area contributed by atoms with Crippen molar-refractivity contribution >= 4 is 5.78 Å². The first-order chi connectivity index (χ1) is 12.7. The predicted octanol–water partition coefficient (Wildman–Crippen LogP) is 4.19. The van der Waals surface area contributed by atoms with Crippen molar-refractivity contribution in [1.82, 2.24) is 0 Å². The summed E-state index contributed by atoms with van der Waals surface area (Å²) < 4.78 is 5.28. The van der Waals surface area contributed by atoms with E-state index < -0.39 is 16.6 Å². The zero-order chi connectivity index (χ0) is 19.1. The summed E-state index contributed by atoms with van der Waals surface area (Å²) >= 11 is 0. The van der Waals surface area contributed by atoms with Crippen molar-refractivity contribution in [2.75, 3.05) is 0 Å². The Kier molecular flexibility index (Phi) is 3.64. The lowest BCUT2D eigenvalue weighted by Gasteiger charge is -2.63. The molecule has 4 aliphatic rings. The Bertz CT molecular complexity index is 756. The molecular formula is C23H32O4. The average Bonchev–Trinajstić information content (AvgIpc) is 3.24. The van der Waals surface area contributed by atoms with Gasteiger partial charge in [0.2, 0.25) is 0 Å². The molecule has 4 saturated carbocycles. The van der Waals surface area contributed by atoms with Gasteiger partial charge in [0.1, 0.15) is 11.4 Å². The van der Waals surface area contributed by atoms with Gasteiger partial charge in [-0.05, 0) is 74.2 Å². The summed E-state index contributed by atoms with van der Waals surface area (Å²) in [5.41, 5.74) is -1.47. The van der Waals surface area contributed by atoms with Crippen molar-refractivity contribution < 1.29 is 19.4 Å². The Morgan fingerprint density at radius 1 is 1.04 bits per heavy atom. The normalized spacial score (nSPS) is 52.1. The number of aliphatic hydroxyl groups is 2. The van der Waals surface area contributed by atoms with E-state index in [4.69, 9.17) is 4.42 Å². The second kappa shape index (κ2) is 5.48. The first kappa shape index (κ1) is 17.9. The maximum absolute atomic E-state index is 12.1.